The Morgan fingerprint density at radius 2 is 1.97 bits per heavy atom. The predicted molar refractivity (Wildman–Crippen MR) is 111 cm³/mol. The van der Waals surface area contributed by atoms with Gasteiger partial charge in [0, 0.05) is 5.92 Å². The van der Waals surface area contributed by atoms with Crippen molar-refractivity contribution in [1.29, 1.82) is 0 Å². The molecule has 156 valence electrons. The van der Waals surface area contributed by atoms with Crippen molar-refractivity contribution in [2.24, 2.45) is 5.92 Å². The lowest BCUT2D eigenvalue weighted by molar-refractivity contribution is -0.254. The summed E-state index contributed by atoms with van der Waals surface area (Å²) >= 11 is 0. The zero-order chi connectivity index (χ0) is 21.0. The predicted octanol–water partition coefficient (Wildman–Crippen LogP) is 4.48. The molecular weight excluding hydrogens is 371 g/mol. The molecule has 29 heavy (non-hydrogen) atoms. The molecule has 2 aromatic carbocycles. The van der Waals surface area contributed by atoms with E-state index in [1.54, 1.807) is 12.1 Å². The van der Waals surface area contributed by atoms with Gasteiger partial charge in [-0.1, -0.05) is 44.5 Å². The first-order chi connectivity index (χ1) is 13.9. The number of hydrogen-bond donors (Lipinski definition) is 2. The lowest BCUT2D eigenvalue weighted by atomic mass is 9.89. The molecule has 3 rings (SSSR count). The molecule has 0 bridgehead atoms. The van der Waals surface area contributed by atoms with E-state index in [0.717, 1.165) is 29.5 Å². The van der Waals surface area contributed by atoms with Gasteiger partial charge in [-0.05, 0) is 53.8 Å². The molecule has 2 N–H and O–H groups in total. The zero-order valence-corrected chi connectivity index (χ0v) is 16.9. The highest BCUT2D eigenvalue weighted by molar-refractivity contribution is 5.69. The lowest BCUT2D eigenvalue weighted by Gasteiger charge is -2.41. The summed E-state index contributed by atoms with van der Waals surface area (Å²) in [5, 5.41) is 20.8. The van der Waals surface area contributed by atoms with Crippen LogP contribution in [0.2, 0.25) is 0 Å². The van der Waals surface area contributed by atoms with Crippen molar-refractivity contribution in [3.63, 3.8) is 0 Å². The molecule has 0 aliphatic carbocycles. The van der Waals surface area contributed by atoms with Gasteiger partial charge in [0.2, 0.25) is 6.29 Å². The maximum absolute atomic E-state index is 13.8. The second-order valence-corrected chi connectivity index (χ2v) is 7.60. The van der Waals surface area contributed by atoms with Crippen molar-refractivity contribution in [3.8, 4) is 16.9 Å². The minimum atomic E-state index is -1.17. The van der Waals surface area contributed by atoms with Gasteiger partial charge in [0.1, 0.15) is 17.7 Å². The molecule has 4 nitrogen and oxygen atoms in total. The fourth-order valence-corrected chi connectivity index (χ4v) is 3.78. The molecule has 0 spiro atoms. The largest absolute Gasteiger partial charge is 0.462 e. The highest BCUT2D eigenvalue weighted by Crippen LogP contribution is 2.33. The molecule has 0 radical (unpaired) electrons. The summed E-state index contributed by atoms with van der Waals surface area (Å²) in [6.45, 7) is 7.65. The summed E-state index contributed by atoms with van der Waals surface area (Å²) in [4.78, 5) is 0. The Bertz CT molecular complexity index is 837. The first-order valence-electron chi connectivity index (χ1n) is 10.1. The average molecular weight is 400 g/mol. The monoisotopic (exact) mass is 400 g/mol. The summed E-state index contributed by atoms with van der Waals surface area (Å²) in [6.07, 6.45) is 0.673. The number of rotatable bonds is 7. The van der Waals surface area contributed by atoms with E-state index >= 15 is 0 Å². The molecule has 5 heteroatoms. The van der Waals surface area contributed by atoms with Gasteiger partial charge in [0.25, 0.3) is 0 Å². The lowest BCUT2D eigenvalue weighted by Crippen LogP contribution is -2.55. The quantitative estimate of drug-likeness (QED) is 0.673. The fraction of sp³-hybridized carbons (Fsp3) is 0.417. The highest BCUT2D eigenvalue weighted by atomic mass is 19.1. The fourth-order valence-electron chi connectivity index (χ4n) is 3.78. The molecule has 1 aliphatic heterocycles. The van der Waals surface area contributed by atoms with E-state index < -0.39 is 18.5 Å². The number of halogens is 1. The van der Waals surface area contributed by atoms with E-state index in [2.05, 4.69) is 13.5 Å². The first-order valence-corrected chi connectivity index (χ1v) is 10.1. The number of hydrogen-bond acceptors (Lipinski definition) is 4. The van der Waals surface area contributed by atoms with Crippen LogP contribution in [0.15, 0.2) is 55.1 Å². The van der Waals surface area contributed by atoms with E-state index in [1.165, 1.54) is 12.1 Å². The highest BCUT2D eigenvalue weighted by Gasteiger charge is 2.42. The van der Waals surface area contributed by atoms with E-state index in [1.807, 2.05) is 31.2 Å². The number of benzene rings is 2. The number of aryl methyl sites for hydroxylation is 1. The zero-order valence-electron chi connectivity index (χ0n) is 16.9. The summed E-state index contributed by atoms with van der Waals surface area (Å²) < 4.78 is 25.6. The van der Waals surface area contributed by atoms with Crippen molar-refractivity contribution in [2.75, 3.05) is 0 Å². The Labute approximate surface area is 171 Å². The van der Waals surface area contributed by atoms with Gasteiger partial charge in [-0.25, -0.2) is 4.39 Å². The minimum Gasteiger partial charge on any atom is -0.462 e. The van der Waals surface area contributed by atoms with Gasteiger partial charge >= 0.3 is 0 Å². The van der Waals surface area contributed by atoms with Crippen LogP contribution in [0.3, 0.4) is 0 Å². The molecule has 1 fully saturated rings. The normalized spacial score (nSPS) is 26.9. The average Bonchev–Trinajstić information content (AvgIpc) is 2.71. The summed E-state index contributed by atoms with van der Waals surface area (Å²) in [6, 6.07) is 12.1. The van der Waals surface area contributed by atoms with Gasteiger partial charge < -0.3 is 19.7 Å². The maximum atomic E-state index is 13.8. The van der Waals surface area contributed by atoms with Crippen molar-refractivity contribution < 1.29 is 24.1 Å². The van der Waals surface area contributed by atoms with Crippen molar-refractivity contribution in [3.05, 3.63) is 66.5 Å². The topological polar surface area (TPSA) is 58.9 Å². The first kappa shape index (κ1) is 21.5. The van der Waals surface area contributed by atoms with Crippen LogP contribution in [0.5, 0.6) is 5.75 Å². The molecule has 2 aromatic rings. The Morgan fingerprint density at radius 3 is 2.66 bits per heavy atom. The van der Waals surface area contributed by atoms with Gasteiger partial charge in [0.15, 0.2) is 0 Å². The molecule has 0 saturated carbocycles. The van der Waals surface area contributed by atoms with Crippen LogP contribution in [0.4, 0.5) is 4.39 Å². The molecular formula is C24H29FO4. The van der Waals surface area contributed by atoms with Crippen molar-refractivity contribution in [1.82, 2.24) is 0 Å². The summed E-state index contributed by atoms with van der Waals surface area (Å²) in [5.74, 6) is -0.0448. The van der Waals surface area contributed by atoms with E-state index in [9.17, 15) is 14.6 Å². The smallest absolute Gasteiger partial charge is 0.228 e. The van der Waals surface area contributed by atoms with Crippen LogP contribution in [0.1, 0.15) is 32.3 Å². The third-order valence-electron chi connectivity index (χ3n) is 5.45. The Balaban J connectivity index is 1.89. The SMILES string of the molecule is C=CC[C@H]1O[C@@H](Oc2ccc(CCC)c(-c3cccc(F)c3)c2)[C@H](O)[C@H](O)[C@H]1C. The standard InChI is InChI=1S/C24H29FO4/c1-4-7-16-11-12-19(14-20(16)17-9-6-10-18(25)13-17)28-24-23(27)22(26)15(3)21(29-24)8-5-2/h5-6,9-15,21-24,26-27H,2,4,7-8H2,1,3H3/t15-,21+,22+,23+,24+/m0/s1. The summed E-state index contributed by atoms with van der Waals surface area (Å²) in [7, 11) is 0. The van der Waals surface area contributed by atoms with Crippen LogP contribution in [-0.4, -0.2) is 34.8 Å². The third-order valence-corrected chi connectivity index (χ3v) is 5.45. The van der Waals surface area contributed by atoms with Crippen LogP contribution in [-0.2, 0) is 11.2 Å². The van der Waals surface area contributed by atoms with Crippen LogP contribution >= 0.6 is 0 Å². The molecule has 1 heterocycles. The van der Waals surface area contributed by atoms with Gasteiger partial charge in [0.05, 0.1) is 12.2 Å². The summed E-state index contributed by atoms with van der Waals surface area (Å²) in [5.41, 5.74) is 2.74. The second-order valence-electron chi connectivity index (χ2n) is 7.60. The molecule has 1 saturated heterocycles. The number of aliphatic hydroxyl groups is 2. The molecule has 0 amide bonds. The van der Waals surface area contributed by atoms with Crippen LogP contribution in [0.25, 0.3) is 11.1 Å². The van der Waals surface area contributed by atoms with E-state index in [-0.39, 0.29) is 17.8 Å². The van der Waals surface area contributed by atoms with E-state index in [0.29, 0.717) is 12.2 Å². The number of aliphatic hydroxyl groups excluding tert-OH is 2. The maximum Gasteiger partial charge on any atom is 0.228 e. The van der Waals surface area contributed by atoms with Crippen LogP contribution in [0, 0.1) is 11.7 Å². The molecule has 0 aromatic heterocycles. The Morgan fingerprint density at radius 1 is 1.17 bits per heavy atom. The van der Waals surface area contributed by atoms with Gasteiger partial charge in [-0.15, -0.1) is 6.58 Å². The molecule has 0 unspecified atom stereocenters. The Kier molecular flexibility index (Phi) is 7.06. The third kappa shape index (κ3) is 4.86. The second kappa shape index (κ2) is 9.53. The Hall–Kier alpha value is -2.21. The molecule has 5 atom stereocenters. The number of ether oxygens (including phenoxy) is 2. The molecule has 1 aliphatic rings. The minimum absolute atomic E-state index is 0.238. The van der Waals surface area contributed by atoms with Crippen molar-refractivity contribution in [2.45, 2.75) is 57.7 Å². The van der Waals surface area contributed by atoms with Crippen molar-refractivity contribution >= 4 is 0 Å². The van der Waals surface area contributed by atoms with Crippen LogP contribution < -0.4 is 4.74 Å². The van der Waals surface area contributed by atoms with Gasteiger partial charge in [-0.2, -0.15) is 0 Å². The van der Waals surface area contributed by atoms with Gasteiger partial charge in [-0.3, -0.25) is 0 Å². The van der Waals surface area contributed by atoms with E-state index in [4.69, 9.17) is 9.47 Å².